The maximum absolute atomic E-state index is 12.4. The fourth-order valence-corrected chi connectivity index (χ4v) is 6.27. The van der Waals surface area contributed by atoms with Crippen LogP contribution in [0.2, 0.25) is 0 Å². The van der Waals surface area contributed by atoms with Gasteiger partial charge in [-0.3, -0.25) is 4.79 Å². The van der Waals surface area contributed by atoms with Crippen molar-refractivity contribution in [2.24, 2.45) is 0 Å². The molecule has 0 bridgehead atoms. The molecule has 47 heavy (non-hydrogen) atoms. The lowest BCUT2D eigenvalue weighted by Gasteiger charge is -2.21. The second kappa shape index (κ2) is 37.6. The third-order valence-corrected chi connectivity index (χ3v) is 9.48. The average Bonchev–Trinajstić information content (AvgIpc) is 3.06. The highest BCUT2D eigenvalue weighted by Gasteiger charge is 2.20. The highest BCUT2D eigenvalue weighted by atomic mass is 16.3. The summed E-state index contributed by atoms with van der Waals surface area (Å²) >= 11 is 0. The Labute approximate surface area is 292 Å². The zero-order valence-corrected chi connectivity index (χ0v) is 31.4. The number of hydrogen-bond acceptors (Lipinski definition) is 4. The summed E-state index contributed by atoms with van der Waals surface area (Å²) in [7, 11) is 0. The largest absolute Gasteiger partial charge is 0.394 e. The van der Waals surface area contributed by atoms with Gasteiger partial charge in [0.25, 0.3) is 0 Å². The number of aliphatic hydroxyl groups excluding tert-OH is 3. The Morgan fingerprint density at radius 2 is 0.894 bits per heavy atom. The normalized spacial score (nSPS) is 13.9. The van der Waals surface area contributed by atoms with Crippen LogP contribution in [0.1, 0.15) is 213 Å². The van der Waals surface area contributed by atoms with Crippen LogP contribution >= 0.6 is 0 Å². The Hall–Kier alpha value is -1.17. The minimum atomic E-state index is -0.929. The Morgan fingerprint density at radius 1 is 0.532 bits per heavy atom. The molecule has 1 amide bonds. The predicted molar refractivity (Wildman–Crippen MR) is 204 cm³/mol. The Balaban J connectivity index is 3.64. The molecule has 0 saturated carbocycles. The minimum Gasteiger partial charge on any atom is -0.394 e. The van der Waals surface area contributed by atoms with E-state index in [0.717, 1.165) is 38.5 Å². The lowest BCUT2D eigenvalue weighted by molar-refractivity contribution is -0.124. The molecule has 4 N–H and O–H groups in total. The zero-order valence-electron chi connectivity index (χ0n) is 31.4. The molecular weight excluding hydrogens is 582 g/mol. The maximum atomic E-state index is 12.4. The highest BCUT2D eigenvalue weighted by Crippen LogP contribution is 2.15. The first-order valence-corrected chi connectivity index (χ1v) is 20.6. The smallest absolute Gasteiger partial charge is 0.222 e. The van der Waals surface area contributed by atoms with Crippen molar-refractivity contribution in [3.8, 4) is 0 Å². The predicted octanol–water partition coefficient (Wildman–Crippen LogP) is 11.4. The minimum absolute atomic E-state index is 0.00364. The average molecular weight is 664 g/mol. The van der Waals surface area contributed by atoms with Crippen molar-refractivity contribution < 1.29 is 20.1 Å². The van der Waals surface area contributed by atoms with Gasteiger partial charge in [0.05, 0.1) is 31.3 Å². The molecule has 3 unspecified atom stereocenters. The second-order valence-corrected chi connectivity index (χ2v) is 14.2. The molecule has 0 aromatic heterocycles. The first-order valence-electron chi connectivity index (χ1n) is 20.6. The summed E-state index contributed by atoms with van der Waals surface area (Å²) in [6, 6.07) is -0.745. The van der Waals surface area contributed by atoms with E-state index >= 15 is 0 Å². The van der Waals surface area contributed by atoms with Crippen LogP contribution in [0, 0.1) is 0 Å². The number of allylic oxidation sites excluding steroid dienone is 3. The first-order chi connectivity index (χ1) is 23.0. The summed E-state index contributed by atoms with van der Waals surface area (Å²) in [5.41, 5.74) is 0. The monoisotopic (exact) mass is 664 g/mol. The van der Waals surface area contributed by atoms with Crippen molar-refractivity contribution in [2.75, 3.05) is 6.61 Å². The highest BCUT2D eigenvalue weighted by molar-refractivity contribution is 5.76. The zero-order chi connectivity index (χ0) is 34.5. The standard InChI is InChI=1S/C42H81NO4/c1-3-5-7-9-11-13-15-16-17-18-19-20-21-22-23-24-25-26-28-30-32-34-36-41(46)40(38-44)43-42(47)37-39(45)35-33-31-29-27-14-12-10-8-6-4-2/h12,14,34,36,39-41,44-46H,3-11,13,15-33,35,37-38H2,1-2H3,(H,43,47)/b14-12-,36-34+. The molecular formula is C42H81NO4. The number of carbonyl (C=O) groups excluding carboxylic acids is 1. The van der Waals surface area contributed by atoms with Gasteiger partial charge in [0, 0.05) is 0 Å². The van der Waals surface area contributed by atoms with E-state index < -0.39 is 18.2 Å². The van der Waals surface area contributed by atoms with Crippen LogP contribution < -0.4 is 5.32 Å². The van der Waals surface area contributed by atoms with E-state index in [1.54, 1.807) is 6.08 Å². The summed E-state index contributed by atoms with van der Waals surface area (Å²) in [5.74, 6) is -0.326. The number of rotatable bonds is 37. The van der Waals surface area contributed by atoms with E-state index in [0.29, 0.717) is 6.42 Å². The van der Waals surface area contributed by atoms with Gasteiger partial charge in [0.15, 0.2) is 0 Å². The van der Waals surface area contributed by atoms with Crippen molar-refractivity contribution in [2.45, 2.75) is 231 Å². The first kappa shape index (κ1) is 45.8. The van der Waals surface area contributed by atoms with Gasteiger partial charge in [-0.15, -0.1) is 0 Å². The Bertz CT molecular complexity index is 694. The van der Waals surface area contributed by atoms with Gasteiger partial charge >= 0.3 is 0 Å². The van der Waals surface area contributed by atoms with Crippen molar-refractivity contribution >= 4 is 5.91 Å². The number of amides is 1. The van der Waals surface area contributed by atoms with Crippen molar-refractivity contribution in [3.05, 3.63) is 24.3 Å². The molecule has 0 fully saturated rings. The van der Waals surface area contributed by atoms with E-state index in [1.807, 2.05) is 6.08 Å². The van der Waals surface area contributed by atoms with Gasteiger partial charge in [0.1, 0.15) is 0 Å². The lowest BCUT2D eigenvalue weighted by Crippen LogP contribution is -2.45. The van der Waals surface area contributed by atoms with Crippen LogP contribution in [-0.4, -0.2) is 46.1 Å². The van der Waals surface area contributed by atoms with E-state index in [9.17, 15) is 20.1 Å². The van der Waals surface area contributed by atoms with Crippen molar-refractivity contribution in [1.29, 1.82) is 0 Å². The molecule has 0 aromatic rings. The van der Waals surface area contributed by atoms with Crippen LogP contribution in [0.3, 0.4) is 0 Å². The van der Waals surface area contributed by atoms with Gasteiger partial charge in [-0.25, -0.2) is 0 Å². The molecule has 0 aromatic carbocycles. The van der Waals surface area contributed by atoms with Crippen molar-refractivity contribution in [1.82, 2.24) is 5.32 Å². The number of carbonyl (C=O) groups is 1. The third kappa shape index (κ3) is 34.5. The summed E-state index contributed by atoms with van der Waals surface area (Å²) < 4.78 is 0. The van der Waals surface area contributed by atoms with E-state index in [-0.39, 0.29) is 18.9 Å². The third-order valence-electron chi connectivity index (χ3n) is 9.48. The molecule has 0 saturated heterocycles. The van der Waals surface area contributed by atoms with Crippen LogP contribution in [0.25, 0.3) is 0 Å². The second-order valence-electron chi connectivity index (χ2n) is 14.2. The van der Waals surface area contributed by atoms with E-state index in [2.05, 4.69) is 31.3 Å². The van der Waals surface area contributed by atoms with E-state index in [4.69, 9.17) is 0 Å². The summed E-state index contributed by atoms with van der Waals surface area (Å²) in [6.45, 7) is 4.17. The molecule has 0 heterocycles. The molecule has 5 nitrogen and oxygen atoms in total. The number of nitrogens with one attached hydrogen (secondary N) is 1. The number of aliphatic hydroxyl groups is 3. The molecule has 0 rings (SSSR count). The number of unbranched alkanes of at least 4 members (excludes halogenated alkanes) is 26. The lowest BCUT2D eigenvalue weighted by atomic mass is 10.0. The molecule has 0 aliphatic heterocycles. The van der Waals surface area contributed by atoms with Gasteiger partial charge in [-0.05, 0) is 44.9 Å². The topological polar surface area (TPSA) is 89.8 Å². The molecule has 0 aliphatic carbocycles. The molecule has 0 spiro atoms. The maximum Gasteiger partial charge on any atom is 0.222 e. The van der Waals surface area contributed by atoms with E-state index in [1.165, 1.54) is 148 Å². The summed E-state index contributed by atoms with van der Waals surface area (Å²) in [4.78, 5) is 12.4. The molecule has 0 aliphatic rings. The van der Waals surface area contributed by atoms with Gasteiger partial charge in [0.2, 0.25) is 5.91 Å². The fourth-order valence-electron chi connectivity index (χ4n) is 6.27. The molecule has 0 radical (unpaired) electrons. The Kier molecular flexibility index (Phi) is 36.7. The molecule has 278 valence electrons. The molecule has 5 heteroatoms. The fraction of sp³-hybridized carbons (Fsp3) is 0.881. The van der Waals surface area contributed by atoms with Crippen LogP contribution in [-0.2, 0) is 4.79 Å². The van der Waals surface area contributed by atoms with Gasteiger partial charge in [-0.1, -0.05) is 186 Å². The van der Waals surface area contributed by atoms with Crippen LogP contribution in [0.15, 0.2) is 24.3 Å². The van der Waals surface area contributed by atoms with Gasteiger partial charge in [-0.2, -0.15) is 0 Å². The molecule has 3 atom stereocenters. The Morgan fingerprint density at radius 3 is 1.34 bits per heavy atom. The SMILES string of the molecule is CCCCC/C=C\CCCCCC(O)CC(=O)NC(CO)C(O)/C=C/CCCCCCCCCCCCCCCCCCCCCC. The van der Waals surface area contributed by atoms with Crippen molar-refractivity contribution in [3.63, 3.8) is 0 Å². The summed E-state index contributed by atoms with van der Waals surface area (Å²) in [6.07, 6.45) is 44.7. The summed E-state index contributed by atoms with van der Waals surface area (Å²) in [5, 5.41) is 33.1. The quantitative estimate of drug-likeness (QED) is 0.0393. The van der Waals surface area contributed by atoms with Crippen LogP contribution in [0.5, 0.6) is 0 Å². The van der Waals surface area contributed by atoms with Crippen LogP contribution in [0.4, 0.5) is 0 Å². The van der Waals surface area contributed by atoms with Gasteiger partial charge < -0.3 is 20.6 Å². The number of hydrogen-bond donors (Lipinski definition) is 4.